The maximum Gasteiger partial charge on any atom is 0.134 e. The number of hydrogen-bond donors (Lipinski definition) is 2. The number of nitrogens with zero attached hydrogens (tertiary/aromatic N) is 2. The van der Waals surface area contributed by atoms with E-state index in [-0.39, 0.29) is 0 Å². The van der Waals surface area contributed by atoms with Crippen LogP contribution in [-0.4, -0.2) is 22.0 Å². The quantitative estimate of drug-likeness (QED) is 0.834. The highest BCUT2D eigenvalue weighted by Crippen LogP contribution is 2.24. The fourth-order valence-corrected chi connectivity index (χ4v) is 1.61. The van der Waals surface area contributed by atoms with Gasteiger partial charge in [-0.1, -0.05) is 11.6 Å². The van der Waals surface area contributed by atoms with Crippen LogP contribution in [0, 0.1) is 0 Å². The fourth-order valence-electron chi connectivity index (χ4n) is 1.35. The fraction of sp³-hybridized carbons (Fsp3) is 0.200. The molecule has 2 rings (SSSR count). The van der Waals surface area contributed by atoms with E-state index >= 15 is 0 Å². The SMILES string of the molecule is CNCc1nc(-c2ccncc2)c(Cl)[nH]1. The highest BCUT2D eigenvalue weighted by molar-refractivity contribution is 6.31. The Morgan fingerprint density at radius 1 is 1.40 bits per heavy atom. The van der Waals surface area contributed by atoms with Crippen molar-refractivity contribution in [3.8, 4) is 11.3 Å². The number of halogens is 1. The molecule has 0 aliphatic heterocycles. The van der Waals surface area contributed by atoms with E-state index in [4.69, 9.17) is 11.6 Å². The monoisotopic (exact) mass is 222 g/mol. The van der Waals surface area contributed by atoms with Gasteiger partial charge in [-0.15, -0.1) is 0 Å². The zero-order chi connectivity index (χ0) is 10.7. The summed E-state index contributed by atoms with van der Waals surface area (Å²) >= 11 is 6.05. The van der Waals surface area contributed by atoms with E-state index in [2.05, 4.69) is 20.3 Å². The molecule has 78 valence electrons. The molecule has 0 saturated heterocycles. The van der Waals surface area contributed by atoms with Gasteiger partial charge in [-0.3, -0.25) is 4.98 Å². The van der Waals surface area contributed by atoms with E-state index < -0.39 is 0 Å². The van der Waals surface area contributed by atoms with Gasteiger partial charge in [0.2, 0.25) is 0 Å². The standard InChI is InChI=1S/C10H11ClN4/c1-12-6-8-14-9(10(11)15-8)7-2-4-13-5-3-7/h2-5,12H,6H2,1H3,(H,14,15). The lowest BCUT2D eigenvalue weighted by Crippen LogP contribution is -2.06. The molecular weight excluding hydrogens is 212 g/mol. The van der Waals surface area contributed by atoms with Crippen LogP contribution in [0.25, 0.3) is 11.3 Å². The van der Waals surface area contributed by atoms with E-state index in [0.717, 1.165) is 17.1 Å². The van der Waals surface area contributed by atoms with Crippen molar-refractivity contribution in [2.45, 2.75) is 6.54 Å². The van der Waals surface area contributed by atoms with Crippen molar-refractivity contribution in [3.63, 3.8) is 0 Å². The second kappa shape index (κ2) is 4.42. The van der Waals surface area contributed by atoms with Gasteiger partial charge in [0.15, 0.2) is 0 Å². The lowest BCUT2D eigenvalue weighted by Gasteiger charge is -1.94. The van der Waals surface area contributed by atoms with E-state index in [1.807, 2.05) is 19.2 Å². The van der Waals surface area contributed by atoms with Crippen LogP contribution in [0.3, 0.4) is 0 Å². The summed E-state index contributed by atoms with van der Waals surface area (Å²) in [6, 6.07) is 3.76. The molecule has 0 bridgehead atoms. The summed E-state index contributed by atoms with van der Waals surface area (Å²) < 4.78 is 0. The van der Waals surface area contributed by atoms with Gasteiger partial charge in [0.25, 0.3) is 0 Å². The van der Waals surface area contributed by atoms with Crippen molar-refractivity contribution < 1.29 is 0 Å². The summed E-state index contributed by atoms with van der Waals surface area (Å²) in [5.41, 5.74) is 1.73. The Morgan fingerprint density at radius 3 is 2.80 bits per heavy atom. The minimum absolute atomic E-state index is 0.562. The van der Waals surface area contributed by atoms with E-state index in [0.29, 0.717) is 11.7 Å². The highest BCUT2D eigenvalue weighted by atomic mass is 35.5. The van der Waals surface area contributed by atoms with E-state index in [1.54, 1.807) is 12.4 Å². The van der Waals surface area contributed by atoms with Crippen molar-refractivity contribution in [2.75, 3.05) is 7.05 Å². The van der Waals surface area contributed by atoms with Crippen LogP contribution < -0.4 is 5.32 Å². The van der Waals surface area contributed by atoms with Gasteiger partial charge in [-0.05, 0) is 19.2 Å². The van der Waals surface area contributed by atoms with E-state index in [9.17, 15) is 0 Å². The molecule has 2 N–H and O–H groups in total. The lowest BCUT2D eigenvalue weighted by atomic mass is 10.2. The highest BCUT2D eigenvalue weighted by Gasteiger charge is 2.09. The first-order chi connectivity index (χ1) is 7.31. The molecule has 0 spiro atoms. The van der Waals surface area contributed by atoms with Gasteiger partial charge < -0.3 is 10.3 Å². The molecule has 0 aliphatic carbocycles. The van der Waals surface area contributed by atoms with Crippen LogP contribution in [0.2, 0.25) is 5.15 Å². The van der Waals surface area contributed by atoms with Crippen LogP contribution in [0.5, 0.6) is 0 Å². The Bertz CT molecular complexity index is 438. The number of imidazole rings is 1. The molecule has 2 heterocycles. The average Bonchev–Trinajstić information content (AvgIpc) is 2.61. The summed E-state index contributed by atoms with van der Waals surface area (Å²) in [6.07, 6.45) is 3.44. The summed E-state index contributed by atoms with van der Waals surface area (Å²) in [7, 11) is 1.86. The number of H-pyrrole nitrogens is 1. The zero-order valence-corrected chi connectivity index (χ0v) is 9.04. The molecule has 4 nitrogen and oxygen atoms in total. The van der Waals surface area contributed by atoms with Crippen LogP contribution in [0.1, 0.15) is 5.82 Å². The number of rotatable bonds is 3. The first-order valence-corrected chi connectivity index (χ1v) is 4.98. The molecule has 0 aromatic carbocycles. The van der Waals surface area contributed by atoms with Crippen LogP contribution in [0.15, 0.2) is 24.5 Å². The van der Waals surface area contributed by atoms with Gasteiger partial charge in [-0.25, -0.2) is 4.98 Å². The normalized spacial score (nSPS) is 10.5. The van der Waals surface area contributed by atoms with Crippen molar-refractivity contribution >= 4 is 11.6 Å². The molecular formula is C10H11ClN4. The molecule has 15 heavy (non-hydrogen) atoms. The molecule has 2 aromatic heterocycles. The summed E-state index contributed by atoms with van der Waals surface area (Å²) in [5.74, 6) is 0.828. The number of nitrogens with one attached hydrogen (secondary N) is 2. The van der Waals surface area contributed by atoms with Gasteiger partial charge in [0.1, 0.15) is 16.7 Å². The predicted octanol–water partition coefficient (Wildman–Crippen LogP) is 1.84. The third-order valence-corrected chi connectivity index (χ3v) is 2.28. The summed E-state index contributed by atoms with van der Waals surface area (Å²) in [5, 5.41) is 3.57. The second-order valence-electron chi connectivity index (χ2n) is 3.11. The predicted molar refractivity (Wildman–Crippen MR) is 59.6 cm³/mol. The average molecular weight is 223 g/mol. The Labute approximate surface area is 92.7 Å². The summed E-state index contributed by atoms with van der Waals surface area (Å²) in [4.78, 5) is 11.4. The third-order valence-electron chi connectivity index (χ3n) is 2.01. The van der Waals surface area contributed by atoms with Crippen LogP contribution in [0.4, 0.5) is 0 Å². The number of hydrogen-bond acceptors (Lipinski definition) is 3. The van der Waals surface area contributed by atoms with Gasteiger partial charge in [0, 0.05) is 18.0 Å². The number of aromatic nitrogens is 3. The smallest absolute Gasteiger partial charge is 0.134 e. The number of aromatic amines is 1. The first kappa shape index (κ1) is 10.1. The largest absolute Gasteiger partial charge is 0.331 e. The number of pyridine rings is 1. The molecule has 5 heteroatoms. The molecule has 0 atom stereocenters. The Balaban J connectivity index is 2.36. The van der Waals surface area contributed by atoms with E-state index in [1.165, 1.54) is 0 Å². The van der Waals surface area contributed by atoms with Crippen LogP contribution in [-0.2, 0) is 6.54 Å². The molecule has 0 amide bonds. The maximum absolute atomic E-state index is 6.05. The Morgan fingerprint density at radius 2 is 2.13 bits per heavy atom. The maximum atomic E-state index is 6.05. The van der Waals surface area contributed by atoms with Crippen LogP contribution >= 0.6 is 11.6 Å². The van der Waals surface area contributed by atoms with Crippen molar-refractivity contribution in [1.82, 2.24) is 20.3 Å². The van der Waals surface area contributed by atoms with Gasteiger partial charge in [0.05, 0.1) is 6.54 Å². The lowest BCUT2D eigenvalue weighted by molar-refractivity contribution is 0.772. The molecule has 0 aliphatic rings. The summed E-state index contributed by atoms with van der Waals surface area (Å²) in [6.45, 7) is 0.671. The molecule has 0 unspecified atom stereocenters. The second-order valence-corrected chi connectivity index (χ2v) is 3.49. The first-order valence-electron chi connectivity index (χ1n) is 4.60. The third kappa shape index (κ3) is 2.16. The Kier molecular flexibility index (Phi) is 2.99. The Hall–Kier alpha value is -1.39. The molecule has 0 radical (unpaired) electrons. The topological polar surface area (TPSA) is 53.6 Å². The molecule has 2 aromatic rings. The molecule has 0 saturated carbocycles. The van der Waals surface area contributed by atoms with Crippen molar-refractivity contribution in [1.29, 1.82) is 0 Å². The van der Waals surface area contributed by atoms with Gasteiger partial charge >= 0.3 is 0 Å². The zero-order valence-electron chi connectivity index (χ0n) is 8.29. The van der Waals surface area contributed by atoms with Crippen molar-refractivity contribution in [2.24, 2.45) is 0 Å². The molecule has 0 fully saturated rings. The van der Waals surface area contributed by atoms with Gasteiger partial charge in [-0.2, -0.15) is 0 Å². The minimum Gasteiger partial charge on any atom is -0.331 e. The van der Waals surface area contributed by atoms with Crippen molar-refractivity contribution in [3.05, 3.63) is 35.5 Å². The minimum atomic E-state index is 0.562.